The Morgan fingerprint density at radius 2 is 1.79 bits per heavy atom. The van der Waals surface area contributed by atoms with Crippen LogP contribution in [0.25, 0.3) is 16.8 Å². The van der Waals surface area contributed by atoms with Crippen LogP contribution in [0.15, 0.2) is 66.2 Å². The second-order valence-corrected chi connectivity index (χ2v) is 6.68. The molecule has 1 fully saturated rings. The van der Waals surface area contributed by atoms with Crippen LogP contribution >= 0.6 is 11.6 Å². The normalized spacial score (nSPS) is 15.4. The molecule has 140 valence electrons. The first-order valence-corrected chi connectivity index (χ1v) is 9.23. The molecule has 0 atom stereocenters. The molecule has 0 radical (unpaired) electrons. The van der Waals surface area contributed by atoms with Crippen LogP contribution in [0.4, 0.5) is 5.69 Å². The second-order valence-electron chi connectivity index (χ2n) is 6.25. The fraction of sp³-hybridized carbons (Fsp3) is 0.0909. The molecule has 1 heterocycles. The number of hydrogen-bond acceptors (Lipinski definition) is 3. The molecule has 1 N–H and O–H groups in total. The highest BCUT2D eigenvalue weighted by atomic mass is 35.5. The average Bonchev–Trinajstić information content (AvgIpc) is 2.98. The molecule has 0 aliphatic carbocycles. The van der Waals surface area contributed by atoms with Gasteiger partial charge < -0.3 is 4.74 Å². The lowest BCUT2D eigenvalue weighted by Crippen LogP contribution is -2.35. The van der Waals surface area contributed by atoms with Crippen LogP contribution in [0.3, 0.4) is 0 Å². The van der Waals surface area contributed by atoms with Gasteiger partial charge in [0.15, 0.2) is 0 Å². The fourth-order valence-corrected chi connectivity index (χ4v) is 3.31. The van der Waals surface area contributed by atoms with Gasteiger partial charge in [0, 0.05) is 10.6 Å². The third-order valence-corrected chi connectivity index (χ3v) is 4.75. The van der Waals surface area contributed by atoms with Gasteiger partial charge in [-0.2, -0.15) is 0 Å². The predicted molar refractivity (Wildman–Crippen MR) is 110 cm³/mol. The Morgan fingerprint density at radius 3 is 2.54 bits per heavy atom. The smallest absolute Gasteiger partial charge is 0.282 e. The number of carbonyl (C=O) groups excluding carboxylic acids is 2. The molecule has 1 aliphatic rings. The van der Waals surface area contributed by atoms with Gasteiger partial charge in [-0.05, 0) is 54.1 Å². The molecular weight excluding hydrogens is 376 g/mol. The Labute approximate surface area is 167 Å². The highest BCUT2D eigenvalue weighted by Crippen LogP contribution is 2.32. The van der Waals surface area contributed by atoms with E-state index in [0.717, 1.165) is 10.8 Å². The summed E-state index contributed by atoms with van der Waals surface area (Å²) in [4.78, 5) is 25.4. The van der Waals surface area contributed by atoms with Crippen molar-refractivity contribution in [3.05, 3.63) is 76.8 Å². The van der Waals surface area contributed by atoms with Gasteiger partial charge in [-0.15, -0.1) is 0 Å². The first-order chi connectivity index (χ1) is 13.6. The van der Waals surface area contributed by atoms with Gasteiger partial charge >= 0.3 is 0 Å². The van der Waals surface area contributed by atoms with Crippen molar-refractivity contribution in [2.45, 2.75) is 6.92 Å². The van der Waals surface area contributed by atoms with E-state index in [1.54, 1.807) is 30.3 Å². The largest absolute Gasteiger partial charge is 0.493 e. The van der Waals surface area contributed by atoms with Gasteiger partial charge in [-0.3, -0.25) is 15.0 Å². The van der Waals surface area contributed by atoms with Gasteiger partial charge in [-0.1, -0.05) is 41.9 Å². The molecule has 6 heteroatoms. The van der Waals surface area contributed by atoms with E-state index in [0.29, 0.717) is 28.6 Å². The molecule has 5 nitrogen and oxygen atoms in total. The molecule has 0 spiro atoms. The first-order valence-electron chi connectivity index (χ1n) is 8.85. The molecule has 0 unspecified atom stereocenters. The first kappa shape index (κ1) is 18.1. The maximum atomic E-state index is 12.9. The maximum absolute atomic E-state index is 12.9. The molecule has 0 aromatic heterocycles. The van der Waals surface area contributed by atoms with Crippen LogP contribution in [-0.2, 0) is 9.59 Å². The Kier molecular flexibility index (Phi) is 4.75. The van der Waals surface area contributed by atoms with Crippen molar-refractivity contribution >= 4 is 46.0 Å². The molecule has 0 bridgehead atoms. The van der Waals surface area contributed by atoms with Crippen LogP contribution in [-0.4, -0.2) is 18.4 Å². The number of fused-ring (bicyclic) bond motifs is 1. The van der Waals surface area contributed by atoms with Gasteiger partial charge in [-0.25, -0.2) is 5.01 Å². The maximum Gasteiger partial charge on any atom is 0.282 e. The van der Waals surface area contributed by atoms with Crippen LogP contribution < -0.4 is 15.2 Å². The molecular formula is C22H17ClN2O3. The summed E-state index contributed by atoms with van der Waals surface area (Å²) >= 11 is 5.91. The number of amides is 2. The summed E-state index contributed by atoms with van der Waals surface area (Å²) in [5, 5.41) is 3.68. The highest BCUT2D eigenvalue weighted by Gasteiger charge is 2.34. The third kappa shape index (κ3) is 3.21. The minimum absolute atomic E-state index is 0.0484. The van der Waals surface area contributed by atoms with Crippen molar-refractivity contribution in [2.75, 3.05) is 11.6 Å². The van der Waals surface area contributed by atoms with E-state index in [1.165, 1.54) is 5.01 Å². The number of benzene rings is 3. The number of hydrazine groups is 1. The summed E-state index contributed by atoms with van der Waals surface area (Å²) in [5.41, 5.74) is 3.89. The van der Waals surface area contributed by atoms with E-state index in [9.17, 15) is 9.59 Å². The number of ether oxygens (including phenoxy) is 1. The lowest BCUT2D eigenvalue weighted by molar-refractivity contribution is -0.117. The van der Waals surface area contributed by atoms with Crippen LogP contribution in [0.2, 0.25) is 5.02 Å². The summed E-state index contributed by atoms with van der Waals surface area (Å²) in [6, 6.07) is 18.3. The zero-order chi connectivity index (χ0) is 19.7. The molecule has 0 saturated carbocycles. The number of hydrogen-bond donors (Lipinski definition) is 1. The van der Waals surface area contributed by atoms with E-state index in [1.807, 2.05) is 43.3 Å². The topological polar surface area (TPSA) is 58.6 Å². The standard InChI is InChI=1S/C22H17ClN2O3/c1-2-28-20-12-7-14-5-3-4-6-17(14)18(20)13-19-21(26)24-25(22(19)27)16-10-8-15(23)9-11-16/h3-13H,2H2,1H3,(H,24,26). The van der Waals surface area contributed by atoms with Crippen molar-refractivity contribution in [1.82, 2.24) is 5.43 Å². The minimum atomic E-state index is -0.463. The zero-order valence-electron chi connectivity index (χ0n) is 15.1. The second kappa shape index (κ2) is 7.37. The SMILES string of the molecule is CCOc1ccc2ccccc2c1C=C1C(=O)NN(c2ccc(Cl)cc2)C1=O. The van der Waals surface area contributed by atoms with Crippen molar-refractivity contribution in [3.63, 3.8) is 0 Å². The van der Waals surface area contributed by atoms with E-state index in [2.05, 4.69) is 5.43 Å². The summed E-state index contributed by atoms with van der Waals surface area (Å²) in [7, 11) is 0. The number of carbonyl (C=O) groups is 2. The molecule has 4 rings (SSSR count). The summed E-state index contributed by atoms with van der Waals surface area (Å²) in [6.45, 7) is 2.37. The van der Waals surface area contributed by atoms with Gasteiger partial charge in [0.25, 0.3) is 11.8 Å². The molecule has 1 aliphatic heterocycles. The van der Waals surface area contributed by atoms with Crippen LogP contribution in [0.5, 0.6) is 5.75 Å². The summed E-state index contributed by atoms with van der Waals surface area (Å²) < 4.78 is 5.73. The fourth-order valence-electron chi connectivity index (χ4n) is 3.18. The highest BCUT2D eigenvalue weighted by molar-refractivity contribution is 6.32. The van der Waals surface area contributed by atoms with Gasteiger partial charge in [0.1, 0.15) is 11.3 Å². The van der Waals surface area contributed by atoms with E-state index in [4.69, 9.17) is 16.3 Å². The average molecular weight is 393 g/mol. The Balaban J connectivity index is 1.80. The van der Waals surface area contributed by atoms with Gasteiger partial charge in [0.2, 0.25) is 0 Å². The van der Waals surface area contributed by atoms with Crippen LogP contribution in [0, 0.1) is 0 Å². The number of nitrogens with zero attached hydrogens (tertiary/aromatic N) is 1. The van der Waals surface area contributed by atoms with Crippen molar-refractivity contribution in [3.8, 4) is 5.75 Å². The van der Waals surface area contributed by atoms with Gasteiger partial charge in [0.05, 0.1) is 12.3 Å². The van der Waals surface area contributed by atoms with E-state index < -0.39 is 11.8 Å². The van der Waals surface area contributed by atoms with Crippen molar-refractivity contribution in [1.29, 1.82) is 0 Å². The molecule has 3 aromatic carbocycles. The molecule has 3 aromatic rings. The minimum Gasteiger partial charge on any atom is -0.493 e. The number of halogens is 1. The molecule has 2 amide bonds. The number of nitrogens with one attached hydrogen (secondary N) is 1. The Morgan fingerprint density at radius 1 is 1.04 bits per heavy atom. The van der Waals surface area contributed by atoms with E-state index >= 15 is 0 Å². The zero-order valence-corrected chi connectivity index (χ0v) is 15.9. The summed E-state index contributed by atoms with van der Waals surface area (Å²) in [6.07, 6.45) is 1.60. The van der Waals surface area contributed by atoms with E-state index in [-0.39, 0.29) is 5.57 Å². The third-order valence-electron chi connectivity index (χ3n) is 4.50. The molecule has 28 heavy (non-hydrogen) atoms. The van der Waals surface area contributed by atoms with Crippen molar-refractivity contribution < 1.29 is 14.3 Å². The Hall–Kier alpha value is -3.31. The lowest BCUT2D eigenvalue weighted by Gasteiger charge is -2.14. The predicted octanol–water partition coefficient (Wildman–Crippen LogP) is 4.35. The quantitative estimate of drug-likeness (QED) is 0.530. The Bertz CT molecular complexity index is 1110. The molecule has 1 saturated heterocycles. The number of rotatable bonds is 4. The van der Waals surface area contributed by atoms with Crippen molar-refractivity contribution in [2.24, 2.45) is 0 Å². The summed E-state index contributed by atoms with van der Waals surface area (Å²) in [5.74, 6) is -0.266. The van der Waals surface area contributed by atoms with Crippen LogP contribution in [0.1, 0.15) is 12.5 Å². The number of anilines is 1. The monoisotopic (exact) mass is 392 g/mol. The lowest BCUT2D eigenvalue weighted by atomic mass is 10.0.